The molecule has 1 saturated carbocycles. The highest BCUT2D eigenvalue weighted by molar-refractivity contribution is 4.91. The lowest BCUT2D eigenvalue weighted by atomic mass is 9.79. The Bertz CT molecular complexity index is 123. The zero-order valence-corrected chi connectivity index (χ0v) is 8.54. The van der Waals surface area contributed by atoms with Crippen LogP contribution in [0.4, 0.5) is 0 Å². The van der Waals surface area contributed by atoms with Crippen molar-refractivity contribution < 1.29 is 0 Å². The Morgan fingerprint density at radius 1 is 0.909 bits per heavy atom. The fourth-order valence-electron chi connectivity index (χ4n) is 2.41. The van der Waals surface area contributed by atoms with Crippen LogP contribution in [-0.4, -0.2) is 0 Å². The van der Waals surface area contributed by atoms with Gasteiger partial charge in [0.1, 0.15) is 0 Å². The van der Waals surface area contributed by atoms with Gasteiger partial charge in [0.25, 0.3) is 0 Å². The normalized spacial score (nSPS) is 44.7. The molecular weight excluding hydrogens is 132 g/mol. The highest BCUT2D eigenvalue weighted by atomic mass is 14.4. The van der Waals surface area contributed by atoms with Gasteiger partial charge in [0, 0.05) is 0 Å². The van der Waals surface area contributed by atoms with E-state index in [-0.39, 0.29) is 0 Å². The van der Waals surface area contributed by atoms with Crippen LogP contribution in [0.5, 0.6) is 0 Å². The first kappa shape index (κ1) is 9.09. The van der Waals surface area contributed by atoms with E-state index in [1.807, 2.05) is 0 Å². The van der Waals surface area contributed by atoms with E-state index in [9.17, 15) is 0 Å². The maximum absolute atomic E-state index is 2.45. The van der Waals surface area contributed by atoms with Crippen molar-refractivity contribution in [3.63, 3.8) is 0 Å². The van der Waals surface area contributed by atoms with E-state index in [0.29, 0.717) is 10.8 Å². The Balaban J connectivity index is 2.58. The molecule has 1 fully saturated rings. The standard InChI is InChI=1S/C11H22/c1-5-10(3)7-8-11(4,6-2)9-10/h5-9H2,1-4H3. The van der Waals surface area contributed by atoms with E-state index < -0.39 is 0 Å². The smallest absolute Gasteiger partial charge is 0.0323 e. The van der Waals surface area contributed by atoms with Crippen LogP contribution in [0, 0.1) is 10.8 Å². The van der Waals surface area contributed by atoms with Crippen molar-refractivity contribution in [1.82, 2.24) is 0 Å². The molecule has 0 aliphatic heterocycles. The van der Waals surface area contributed by atoms with Crippen LogP contribution < -0.4 is 0 Å². The predicted molar refractivity (Wildman–Crippen MR) is 50.6 cm³/mol. The Kier molecular flexibility index (Phi) is 2.32. The van der Waals surface area contributed by atoms with Crippen molar-refractivity contribution in [1.29, 1.82) is 0 Å². The van der Waals surface area contributed by atoms with Gasteiger partial charge < -0.3 is 0 Å². The molecule has 0 aromatic heterocycles. The van der Waals surface area contributed by atoms with Crippen LogP contribution in [0.2, 0.25) is 0 Å². The summed E-state index contributed by atoms with van der Waals surface area (Å²) in [6.07, 6.45) is 7.08. The molecule has 2 unspecified atom stereocenters. The third-order valence-electron chi connectivity index (χ3n) is 3.89. The lowest BCUT2D eigenvalue weighted by Crippen LogP contribution is -2.15. The summed E-state index contributed by atoms with van der Waals surface area (Å²) in [7, 11) is 0. The van der Waals surface area contributed by atoms with Crippen LogP contribution in [0.25, 0.3) is 0 Å². The monoisotopic (exact) mass is 154 g/mol. The fraction of sp³-hybridized carbons (Fsp3) is 1.00. The van der Waals surface area contributed by atoms with Crippen molar-refractivity contribution in [3.05, 3.63) is 0 Å². The molecule has 11 heavy (non-hydrogen) atoms. The van der Waals surface area contributed by atoms with Crippen molar-refractivity contribution in [2.75, 3.05) is 0 Å². The molecule has 0 aromatic rings. The van der Waals surface area contributed by atoms with Gasteiger partial charge in [-0.1, -0.05) is 40.5 Å². The van der Waals surface area contributed by atoms with E-state index in [2.05, 4.69) is 27.7 Å². The van der Waals surface area contributed by atoms with Gasteiger partial charge in [-0.25, -0.2) is 0 Å². The lowest BCUT2D eigenvalue weighted by Gasteiger charge is -2.26. The number of rotatable bonds is 2. The van der Waals surface area contributed by atoms with Crippen LogP contribution in [-0.2, 0) is 0 Å². The summed E-state index contributed by atoms with van der Waals surface area (Å²) in [5.74, 6) is 0. The second-order valence-corrected chi connectivity index (χ2v) is 5.01. The highest BCUT2D eigenvalue weighted by Crippen LogP contribution is 2.52. The van der Waals surface area contributed by atoms with Crippen LogP contribution in [0.15, 0.2) is 0 Å². The zero-order valence-electron chi connectivity index (χ0n) is 8.54. The predicted octanol–water partition coefficient (Wildman–Crippen LogP) is 4.00. The minimum Gasteiger partial charge on any atom is -0.0649 e. The second-order valence-electron chi connectivity index (χ2n) is 5.01. The molecule has 66 valence electrons. The summed E-state index contributed by atoms with van der Waals surface area (Å²) in [6.45, 7) is 9.57. The topological polar surface area (TPSA) is 0 Å². The second kappa shape index (κ2) is 2.80. The van der Waals surface area contributed by atoms with Gasteiger partial charge in [-0.05, 0) is 30.1 Å². The molecule has 1 aliphatic rings. The molecule has 2 atom stereocenters. The van der Waals surface area contributed by atoms with Crippen molar-refractivity contribution in [2.24, 2.45) is 10.8 Å². The average Bonchev–Trinajstić information content (AvgIpc) is 2.30. The highest BCUT2D eigenvalue weighted by Gasteiger charge is 2.39. The van der Waals surface area contributed by atoms with Crippen LogP contribution >= 0.6 is 0 Å². The Morgan fingerprint density at radius 3 is 1.45 bits per heavy atom. The molecule has 0 saturated heterocycles. The maximum Gasteiger partial charge on any atom is -0.0323 e. The first-order chi connectivity index (χ1) is 5.04. The molecule has 0 heteroatoms. The van der Waals surface area contributed by atoms with Gasteiger partial charge in [-0.2, -0.15) is 0 Å². The molecule has 1 rings (SSSR count). The van der Waals surface area contributed by atoms with E-state index in [1.54, 1.807) is 0 Å². The van der Waals surface area contributed by atoms with Crippen molar-refractivity contribution in [2.45, 2.75) is 59.8 Å². The van der Waals surface area contributed by atoms with E-state index >= 15 is 0 Å². The van der Waals surface area contributed by atoms with E-state index in [0.717, 1.165) is 0 Å². The first-order valence-electron chi connectivity index (χ1n) is 5.04. The molecule has 0 bridgehead atoms. The third-order valence-corrected chi connectivity index (χ3v) is 3.89. The molecule has 0 heterocycles. The fourth-order valence-corrected chi connectivity index (χ4v) is 2.41. The van der Waals surface area contributed by atoms with Crippen LogP contribution in [0.3, 0.4) is 0 Å². The first-order valence-corrected chi connectivity index (χ1v) is 5.04. The minimum absolute atomic E-state index is 0.671. The Morgan fingerprint density at radius 2 is 1.27 bits per heavy atom. The van der Waals surface area contributed by atoms with Crippen LogP contribution in [0.1, 0.15) is 59.8 Å². The summed E-state index contributed by atoms with van der Waals surface area (Å²) in [5.41, 5.74) is 1.34. The van der Waals surface area contributed by atoms with Crippen molar-refractivity contribution in [3.8, 4) is 0 Å². The third kappa shape index (κ3) is 1.77. The molecule has 0 N–H and O–H groups in total. The Hall–Kier alpha value is 0. The molecule has 0 nitrogen and oxygen atoms in total. The SMILES string of the molecule is CCC1(C)CCC(C)(CC)C1. The summed E-state index contributed by atoms with van der Waals surface area (Å²) in [4.78, 5) is 0. The number of hydrogen-bond acceptors (Lipinski definition) is 0. The van der Waals surface area contributed by atoms with Gasteiger partial charge >= 0.3 is 0 Å². The molecule has 0 aromatic carbocycles. The summed E-state index contributed by atoms with van der Waals surface area (Å²) in [6, 6.07) is 0. The summed E-state index contributed by atoms with van der Waals surface area (Å²) in [5, 5.41) is 0. The Labute approximate surface area is 71.4 Å². The van der Waals surface area contributed by atoms with Gasteiger partial charge in [0.2, 0.25) is 0 Å². The number of hydrogen-bond donors (Lipinski definition) is 0. The molecular formula is C11H22. The van der Waals surface area contributed by atoms with Gasteiger partial charge in [-0.3, -0.25) is 0 Å². The molecule has 0 spiro atoms. The molecule has 0 amide bonds. The van der Waals surface area contributed by atoms with Gasteiger partial charge in [0.05, 0.1) is 0 Å². The minimum atomic E-state index is 0.671. The largest absolute Gasteiger partial charge is 0.0649 e. The summed E-state index contributed by atoms with van der Waals surface area (Å²) >= 11 is 0. The lowest BCUT2D eigenvalue weighted by molar-refractivity contribution is 0.247. The summed E-state index contributed by atoms with van der Waals surface area (Å²) < 4.78 is 0. The van der Waals surface area contributed by atoms with E-state index in [1.165, 1.54) is 32.1 Å². The van der Waals surface area contributed by atoms with E-state index in [4.69, 9.17) is 0 Å². The molecule has 1 aliphatic carbocycles. The van der Waals surface area contributed by atoms with Gasteiger partial charge in [0.15, 0.2) is 0 Å². The molecule has 0 radical (unpaired) electrons. The average molecular weight is 154 g/mol. The quantitative estimate of drug-likeness (QED) is 0.564. The van der Waals surface area contributed by atoms with Gasteiger partial charge in [-0.15, -0.1) is 0 Å². The zero-order chi connectivity index (χ0) is 8.54. The maximum atomic E-state index is 2.45. The van der Waals surface area contributed by atoms with Crippen molar-refractivity contribution >= 4 is 0 Å².